The van der Waals surface area contributed by atoms with Crippen LogP contribution in [0.15, 0.2) is 22.7 Å². The van der Waals surface area contributed by atoms with E-state index in [4.69, 9.17) is 5.73 Å². The van der Waals surface area contributed by atoms with Gasteiger partial charge in [-0.3, -0.25) is 0 Å². The van der Waals surface area contributed by atoms with Gasteiger partial charge in [-0.2, -0.15) is 0 Å². The van der Waals surface area contributed by atoms with E-state index < -0.39 is 0 Å². The third-order valence-corrected chi connectivity index (χ3v) is 2.82. The summed E-state index contributed by atoms with van der Waals surface area (Å²) >= 11 is 3.56. The Kier molecular flexibility index (Phi) is 3.94. The topological polar surface area (TPSA) is 26.0 Å². The van der Waals surface area contributed by atoms with Crippen molar-refractivity contribution in [2.75, 3.05) is 0 Å². The SMILES string of the molecule is Cc1ccc(CC[C@H](C)N)c(Br)c1. The van der Waals surface area contributed by atoms with Crippen LogP contribution in [0.5, 0.6) is 0 Å². The zero-order valence-electron chi connectivity index (χ0n) is 8.18. The predicted molar refractivity (Wildman–Crippen MR) is 60.8 cm³/mol. The van der Waals surface area contributed by atoms with Crippen LogP contribution in [-0.2, 0) is 6.42 Å². The number of halogens is 1. The normalized spacial score (nSPS) is 12.9. The minimum Gasteiger partial charge on any atom is -0.328 e. The summed E-state index contributed by atoms with van der Waals surface area (Å²) in [6.07, 6.45) is 2.10. The maximum atomic E-state index is 5.70. The third-order valence-electron chi connectivity index (χ3n) is 2.08. The van der Waals surface area contributed by atoms with Gasteiger partial charge < -0.3 is 5.73 Å². The maximum absolute atomic E-state index is 5.70. The highest BCUT2D eigenvalue weighted by molar-refractivity contribution is 9.10. The molecular weight excluding hydrogens is 226 g/mol. The maximum Gasteiger partial charge on any atom is 0.0209 e. The van der Waals surface area contributed by atoms with Crippen molar-refractivity contribution in [2.24, 2.45) is 5.73 Å². The standard InChI is InChI=1S/C11H16BrN/c1-8-3-5-10(11(12)7-8)6-4-9(2)13/h3,5,7,9H,4,6,13H2,1-2H3/t9-/m0/s1. The van der Waals surface area contributed by atoms with Crippen LogP contribution in [0, 0.1) is 6.92 Å². The molecule has 0 unspecified atom stereocenters. The molecule has 2 heteroatoms. The minimum atomic E-state index is 0.285. The van der Waals surface area contributed by atoms with Crippen molar-refractivity contribution in [1.29, 1.82) is 0 Å². The van der Waals surface area contributed by atoms with E-state index in [9.17, 15) is 0 Å². The Hall–Kier alpha value is -0.340. The first-order valence-electron chi connectivity index (χ1n) is 4.60. The van der Waals surface area contributed by atoms with Gasteiger partial charge in [0.1, 0.15) is 0 Å². The minimum absolute atomic E-state index is 0.285. The summed E-state index contributed by atoms with van der Waals surface area (Å²) in [4.78, 5) is 0. The summed E-state index contributed by atoms with van der Waals surface area (Å²) in [7, 11) is 0. The molecule has 0 amide bonds. The number of nitrogens with two attached hydrogens (primary N) is 1. The quantitative estimate of drug-likeness (QED) is 0.866. The molecule has 0 spiro atoms. The molecule has 0 aromatic heterocycles. The fourth-order valence-electron chi connectivity index (χ4n) is 1.24. The molecule has 0 radical (unpaired) electrons. The molecule has 1 aromatic carbocycles. The van der Waals surface area contributed by atoms with Crippen LogP contribution in [-0.4, -0.2) is 6.04 Å². The second-order valence-corrected chi connectivity index (χ2v) is 4.47. The smallest absolute Gasteiger partial charge is 0.0209 e. The van der Waals surface area contributed by atoms with E-state index in [0.717, 1.165) is 12.8 Å². The van der Waals surface area contributed by atoms with Crippen molar-refractivity contribution >= 4 is 15.9 Å². The molecule has 0 aliphatic rings. The molecule has 0 heterocycles. The second-order valence-electron chi connectivity index (χ2n) is 3.61. The largest absolute Gasteiger partial charge is 0.328 e. The van der Waals surface area contributed by atoms with Crippen LogP contribution >= 0.6 is 15.9 Å². The van der Waals surface area contributed by atoms with Gasteiger partial charge in [0.15, 0.2) is 0 Å². The lowest BCUT2D eigenvalue weighted by Crippen LogP contribution is -2.15. The molecule has 1 aromatic rings. The average molecular weight is 242 g/mol. The Balaban J connectivity index is 2.67. The van der Waals surface area contributed by atoms with E-state index in [1.165, 1.54) is 15.6 Å². The van der Waals surface area contributed by atoms with Gasteiger partial charge >= 0.3 is 0 Å². The van der Waals surface area contributed by atoms with Gasteiger partial charge in [0.05, 0.1) is 0 Å². The Morgan fingerprint density at radius 3 is 2.69 bits per heavy atom. The van der Waals surface area contributed by atoms with Crippen molar-refractivity contribution in [3.05, 3.63) is 33.8 Å². The van der Waals surface area contributed by atoms with Gasteiger partial charge in [-0.1, -0.05) is 28.1 Å². The number of hydrogen-bond donors (Lipinski definition) is 1. The molecule has 13 heavy (non-hydrogen) atoms. The zero-order valence-corrected chi connectivity index (χ0v) is 9.76. The lowest BCUT2D eigenvalue weighted by Gasteiger charge is -2.07. The second kappa shape index (κ2) is 4.77. The first-order chi connectivity index (χ1) is 6.09. The summed E-state index contributed by atoms with van der Waals surface area (Å²) in [5.74, 6) is 0. The molecule has 0 saturated carbocycles. The average Bonchev–Trinajstić information content (AvgIpc) is 2.02. The van der Waals surface area contributed by atoms with Crippen LogP contribution in [0.3, 0.4) is 0 Å². The van der Waals surface area contributed by atoms with Crippen molar-refractivity contribution in [1.82, 2.24) is 0 Å². The molecule has 0 bridgehead atoms. The summed E-state index contributed by atoms with van der Waals surface area (Å²) < 4.78 is 1.20. The van der Waals surface area contributed by atoms with Gasteiger partial charge in [0, 0.05) is 10.5 Å². The Morgan fingerprint density at radius 1 is 1.46 bits per heavy atom. The monoisotopic (exact) mass is 241 g/mol. The molecule has 0 aliphatic heterocycles. The number of hydrogen-bond acceptors (Lipinski definition) is 1. The molecular formula is C11H16BrN. The highest BCUT2D eigenvalue weighted by Gasteiger charge is 2.01. The molecule has 0 fully saturated rings. The lowest BCUT2D eigenvalue weighted by atomic mass is 10.1. The summed E-state index contributed by atoms with van der Waals surface area (Å²) in [5, 5.41) is 0. The lowest BCUT2D eigenvalue weighted by molar-refractivity contribution is 0.665. The molecule has 72 valence electrons. The fourth-order valence-corrected chi connectivity index (χ4v) is 1.93. The molecule has 0 saturated heterocycles. The van der Waals surface area contributed by atoms with Crippen LogP contribution in [0.25, 0.3) is 0 Å². The van der Waals surface area contributed by atoms with Gasteiger partial charge in [0.25, 0.3) is 0 Å². The van der Waals surface area contributed by atoms with Crippen LogP contribution in [0.1, 0.15) is 24.5 Å². The highest BCUT2D eigenvalue weighted by Crippen LogP contribution is 2.19. The molecule has 2 N–H and O–H groups in total. The van der Waals surface area contributed by atoms with Crippen LogP contribution < -0.4 is 5.73 Å². The Morgan fingerprint density at radius 2 is 2.15 bits per heavy atom. The molecule has 0 aliphatic carbocycles. The van der Waals surface area contributed by atoms with Gasteiger partial charge in [0.2, 0.25) is 0 Å². The number of rotatable bonds is 3. The zero-order chi connectivity index (χ0) is 9.84. The molecule has 1 nitrogen and oxygen atoms in total. The summed E-state index contributed by atoms with van der Waals surface area (Å²) in [5.41, 5.74) is 8.34. The van der Waals surface area contributed by atoms with E-state index in [1.54, 1.807) is 0 Å². The van der Waals surface area contributed by atoms with E-state index in [1.807, 2.05) is 6.92 Å². The Bertz CT molecular complexity index is 281. The van der Waals surface area contributed by atoms with Crippen molar-refractivity contribution in [2.45, 2.75) is 32.7 Å². The van der Waals surface area contributed by atoms with Crippen molar-refractivity contribution < 1.29 is 0 Å². The molecule has 1 atom stereocenters. The van der Waals surface area contributed by atoms with Gasteiger partial charge in [-0.05, 0) is 43.9 Å². The first-order valence-corrected chi connectivity index (χ1v) is 5.39. The first kappa shape index (κ1) is 10.7. The third kappa shape index (κ3) is 3.49. The van der Waals surface area contributed by atoms with Crippen molar-refractivity contribution in [3.63, 3.8) is 0 Å². The number of benzene rings is 1. The van der Waals surface area contributed by atoms with Crippen LogP contribution in [0.2, 0.25) is 0 Å². The fraction of sp³-hybridized carbons (Fsp3) is 0.455. The summed E-state index contributed by atoms with van der Waals surface area (Å²) in [6, 6.07) is 6.74. The van der Waals surface area contributed by atoms with Gasteiger partial charge in [-0.25, -0.2) is 0 Å². The van der Waals surface area contributed by atoms with E-state index in [0.29, 0.717) is 0 Å². The van der Waals surface area contributed by atoms with Crippen molar-refractivity contribution in [3.8, 4) is 0 Å². The molecule has 1 rings (SSSR count). The van der Waals surface area contributed by atoms with E-state index in [-0.39, 0.29) is 6.04 Å². The highest BCUT2D eigenvalue weighted by atomic mass is 79.9. The Labute approximate surface area is 88.5 Å². The predicted octanol–water partition coefficient (Wildman–Crippen LogP) is 3.04. The van der Waals surface area contributed by atoms with E-state index >= 15 is 0 Å². The van der Waals surface area contributed by atoms with Crippen LogP contribution in [0.4, 0.5) is 0 Å². The van der Waals surface area contributed by atoms with E-state index in [2.05, 4.69) is 41.1 Å². The summed E-state index contributed by atoms with van der Waals surface area (Å²) in [6.45, 7) is 4.14. The number of aryl methyl sites for hydroxylation is 2. The van der Waals surface area contributed by atoms with Gasteiger partial charge in [-0.15, -0.1) is 0 Å².